The Bertz CT molecular complexity index is 839. The van der Waals surface area contributed by atoms with Crippen LogP contribution in [0.5, 0.6) is 17.2 Å². The molecule has 6 nitrogen and oxygen atoms in total. The van der Waals surface area contributed by atoms with Crippen molar-refractivity contribution in [3.63, 3.8) is 0 Å². The molecule has 0 saturated carbocycles. The van der Waals surface area contributed by atoms with E-state index in [-0.39, 0.29) is 17.1 Å². The lowest BCUT2D eigenvalue weighted by molar-refractivity contribution is 0.215. The zero-order chi connectivity index (χ0) is 20.8. The van der Waals surface area contributed by atoms with Crippen molar-refractivity contribution in [2.75, 3.05) is 45.5 Å². The van der Waals surface area contributed by atoms with Crippen molar-refractivity contribution in [2.45, 2.75) is 11.7 Å². The number of benzene rings is 2. The van der Waals surface area contributed by atoms with E-state index >= 15 is 0 Å². The van der Waals surface area contributed by atoms with Crippen LogP contribution < -0.4 is 19.5 Å². The highest BCUT2D eigenvalue weighted by molar-refractivity contribution is 7.99. The summed E-state index contributed by atoms with van der Waals surface area (Å²) in [5, 5.41) is 2.93. The van der Waals surface area contributed by atoms with Gasteiger partial charge >= 0.3 is 6.03 Å². The van der Waals surface area contributed by atoms with Crippen LogP contribution in [0.3, 0.4) is 0 Å². The first kappa shape index (κ1) is 21.1. The Labute approximate surface area is 174 Å². The van der Waals surface area contributed by atoms with Crippen molar-refractivity contribution in [2.24, 2.45) is 0 Å². The molecule has 2 aromatic carbocycles. The summed E-state index contributed by atoms with van der Waals surface area (Å²) in [6.07, 6.45) is 0.689. The van der Waals surface area contributed by atoms with Crippen LogP contribution in [0, 0.1) is 5.82 Å². The molecule has 8 heteroatoms. The van der Waals surface area contributed by atoms with Crippen LogP contribution in [0.4, 0.5) is 14.9 Å². The van der Waals surface area contributed by atoms with Gasteiger partial charge in [0.05, 0.1) is 27.0 Å². The van der Waals surface area contributed by atoms with Crippen LogP contribution in [0.25, 0.3) is 0 Å². The predicted molar refractivity (Wildman–Crippen MR) is 113 cm³/mol. The van der Waals surface area contributed by atoms with E-state index in [1.807, 2.05) is 12.1 Å². The molecule has 1 aliphatic heterocycles. The monoisotopic (exact) mass is 420 g/mol. The number of rotatable bonds is 5. The minimum Gasteiger partial charge on any atom is -0.493 e. The highest BCUT2D eigenvalue weighted by atomic mass is 32.2. The molecular weight excluding hydrogens is 395 g/mol. The van der Waals surface area contributed by atoms with Gasteiger partial charge in [0.1, 0.15) is 5.82 Å². The molecule has 1 heterocycles. The number of methoxy groups -OCH3 is 3. The molecule has 0 aromatic heterocycles. The summed E-state index contributed by atoms with van der Waals surface area (Å²) in [6.45, 7) is 1.13. The highest BCUT2D eigenvalue weighted by Gasteiger charge is 2.24. The smallest absolute Gasteiger partial charge is 0.321 e. The van der Waals surface area contributed by atoms with Gasteiger partial charge in [-0.15, -0.1) is 0 Å². The highest BCUT2D eigenvalue weighted by Crippen LogP contribution is 2.40. The molecule has 156 valence electrons. The fourth-order valence-electron chi connectivity index (χ4n) is 3.31. The number of ether oxygens (including phenoxy) is 3. The number of carbonyl (C=O) groups excluding carboxylic acids is 1. The lowest BCUT2D eigenvalue weighted by Gasteiger charge is -2.22. The molecule has 1 N–H and O–H groups in total. The third-order valence-corrected chi connectivity index (χ3v) is 6.11. The molecule has 3 rings (SSSR count). The number of amides is 2. The molecule has 1 saturated heterocycles. The number of urea groups is 1. The van der Waals surface area contributed by atoms with Crippen LogP contribution in [0.1, 0.15) is 17.2 Å². The topological polar surface area (TPSA) is 60.0 Å². The first-order chi connectivity index (χ1) is 14.1. The summed E-state index contributed by atoms with van der Waals surface area (Å²) < 4.78 is 30.1. The predicted octanol–water partition coefficient (Wildman–Crippen LogP) is 4.56. The van der Waals surface area contributed by atoms with Crippen molar-refractivity contribution in [3.8, 4) is 17.2 Å². The summed E-state index contributed by atoms with van der Waals surface area (Å²) in [5.74, 6) is 1.94. The minimum absolute atomic E-state index is 0.0372. The third kappa shape index (κ3) is 4.87. The third-order valence-electron chi connectivity index (χ3n) is 4.80. The van der Waals surface area contributed by atoms with Crippen LogP contribution in [0.15, 0.2) is 36.4 Å². The van der Waals surface area contributed by atoms with Gasteiger partial charge in [0.15, 0.2) is 11.5 Å². The molecule has 0 spiro atoms. The minimum atomic E-state index is -0.214. The van der Waals surface area contributed by atoms with E-state index in [0.717, 1.165) is 5.75 Å². The Kier molecular flexibility index (Phi) is 7.09. The summed E-state index contributed by atoms with van der Waals surface area (Å²) in [5.41, 5.74) is 1.25. The van der Waals surface area contributed by atoms with Crippen LogP contribution in [-0.4, -0.2) is 51.1 Å². The molecule has 0 bridgehead atoms. The van der Waals surface area contributed by atoms with Gasteiger partial charge in [0.25, 0.3) is 0 Å². The maximum Gasteiger partial charge on any atom is 0.321 e. The second kappa shape index (κ2) is 9.73. The fraction of sp³-hybridized carbons (Fsp3) is 0.381. The molecule has 2 aromatic rings. The van der Waals surface area contributed by atoms with Crippen LogP contribution in [0.2, 0.25) is 0 Å². The number of hydrogen-bond acceptors (Lipinski definition) is 5. The zero-order valence-electron chi connectivity index (χ0n) is 16.7. The van der Waals surface area contributed by atoms with E-state index in [1.165, 1.54) is 27.4 Å². The number of nitrogens with one attached hydrogen (secondary N) is 1. The summed E-state index contributed by atoms with van der Waals surface area (Å²) in [4.78, 5) is 14.5. The van der Waals surface area contributed by atoms with Gasteiger partial charge in [-0.25, -0.2) is 9.18 Å². The van der Waals surface area contributed by atoms with Gasteiger partial charge in [-0.2, -0.15) is 11.8 Å². The summed E-state index contributed by atoms with van der Waals surface area (Å²) in [6, 6.07) is 10.0. The lowest BCUT2D eigenvalue weighted by atomic mass is 10.1. The number of thioether (sulfide) groups is 1. The zero-order valence-corrected chi connectivity index (χ0v) is 17.6. The van der Waals surface area contributed by atoms with E-state index in [4.69, 9.17) is 14.2 Å². The van der Waals surface area contributed by atoms with E-state index in [9.17, 15) is 9.18 Å². The van der Waals surface area contributed by atoms with Crippen LogP contribution in [-0.2, 0) is 0 Å². The second-order valence-electron chi connectivity index (χ2n) is 6.50. The van der Waals surface area contributed by atoms with Crippen molar-refractivity contribution < 1.29 is 23.4 Å². The molecule has 1 aliphatic rings. The molecule has 2 amide bonds. The van der Waals surface area contributed by atoms with Crippen LogP contribution >= 0.6 is 11.8 Å². The second-order valence-corrected chi connectivity index (χ2v) is 7.81. The standard InChI is InChI=1S/C21H25FN2O4S/c1-26-17-12-14(13-18(27-2)20(17)28-3)23-21(25)24-9-8-19(29-11-10-24)15-6-4-5-7-16(15)22/h4-7,12-13,19H,8-11H2,1-3H3,(H,23,25). The van der Waals surface area contributed by atoms with E-state index in [2.05, 4.69) is 5.32 Å². The Balaban J connectivity index is 1.69. The van der Waals surface area contributed by atoms with E-state index < -0.39 is 0 Å². The molecule has 1 atom stereocenters. The molecule has 0 aliphatic carbocycles. The van der Waals surface area contributed by atoms with Gasteiger partial charge in [0.2, 0.25) is 5.75 Å². The van der Waals surface area contributed by atoms with Crippen molar-refractivity contribution in [3.05, 3.63) is 47.8 Å². The summed E-state index contributed by atoms with van der Waals surface area (Å²) >= 11 is 1.68. The van der Waals surface area contributed by atoms with Gasteiger partial charge in [0, 0.05) is 41.8 Å². The lowest BCUT2D eigenvalue weighted by Crippen LogP contribution is -2.36. The molecule has 1 unspecified atom stereocenters. The number of hydrogen-bond donors (Lipinski definition) is 1. The van der Waals surface area contributed by atoms with E-state index in [0.29, 0.717) is 48.0 Å². The quantitative estimate of drug-likeness (QED) is 0.768. The van der Waals surface area contributed by atoms with Gasteiger partial charge < -0.3 is 24.4 Å². The van der Waals surface area contributed by atoms with Gasteiger partial charge in [-0.3, -0.25) is 0 Å². The Morgan fingerprint density at radius 1 is 1.10 bits per heavy atom. The van der Waals surface area contributed by atoms with Crippen molar-refractivity contribution in [1.29, 1.82) is 0 Å². The van der Waals surface area contributed by atoms with E-state index in [1.54, 1.807) is 34.9 Å². The molecule has 1 fully saturated rings. The average molecular weight is 421 g/mol. The average Bonchev–Trinajstić information content (AvgIpc) is 2.99. The van der Waals surface area contributed by atoms with Crippen molar-refractivity contribution in [1.82, 2.24) is 4.90 Å². The molecule has 29 heavy (non-hydrogen) atoms. The van der Waals surface area contributed by atoms with Crippen molar-refractivity contribution >= 4 is 23.5 Å². The maximum atomic E-state index is 14.1. The summed E-state index contributed by atoms with van der Waals surface area (Å²) in [7, 11) is 4.58. The SMILES string of the molecule is COc1cc(NC(=O)N2CCSC(c3ccccc3F)CC2)cc(OC)c1OC. The van der Waals surface area contributed by atoms with Gasteiger partial charge in [-0.1, -0.05) is 18.2 Å². The largest absolute Gasteiger partial charge is 0.493 e. The fourth-order valence-corrected chi connectivity index (χ4v) is 4.57. The van der Waals surface area contributed by atoms with Gasteiger partial charge in [-0.05, 0) is 12.5 Å². The first-order valence-electron chi connectivity index (χ1n) is 9.29. The Morgan fingerprint density at radius 2 is 1.79 bits per heavy atom. The number of anilines is 1. The number of nitrogens with zero attached hydrogens (tertiary/aromatic N) is 1. The maximum absolute atomic E-state index is 14.1. The normalized spacial score (nSPS) is 16.7. The first-order valence-corrected chi connectivity index (χ1v) is 10.3. The number of halogens is 1. The molecule has 0 radical (unpaired) electrons. The number of carbonyl (C=O) groups is 1. The Morgan fingerprint density at radius 3 is 2.41 bits per heavy atom. The Hall–Kier alpha value is -2.61. The molecular formula is C21H25FN2O4S.